The number of ether oxygens (including phenoxy) is 1. The maximum Gasteiger partial charge on any atom is 0.311 e. The van der Waals surface area contributed by atoms with Gasteiger partial charge in [0.05, 0.1) is 22.0 Å². The number of carbonyl (C=O) groups excluding carboxylic acids is 2. The molecule has 0 aliphatic carbocycles. The number of nitro groups is 2. The first kappa shape index (κ1) is 21.4. The van der Waals surface area contributed by atoms with Gasteiger partial charge in [-0.15, -0.1) is 0 Å². The number of nitrogens with zero attached hydrogens (tertiary/aromatic N) is 2. The average Bonchev–Trinajstić information content (AvgIpc) is 2.63. The Morgan fingerprint density at radius 1 is 1.04 bits per heavy atom. The molecule has 10 nitrogen and oxygen atoms in total. The SMILES string of the molecule is O=C(COC(=O)Cc1ccccc1[N+](=O)[O-])Nc1c(Br)cc([N+](=O)[O-])cc1Br. The highest BCUT2D eigenvalue weighted by Crippen LogP contribution is 2.35. The van der Waals surface area contributed by atoms with Crippen LogP contribution in [0.2, 0.25) is 0 Å². The van der Waals surface area contributed by atoms with Crippen LogP contribution in [0.4, 0.5) is 17.1 Å². The van der Waals surface area contributed by atoms with Crippen LogP contribution in [-0.4, -0.2) is 28.3 Å². The summed E-state index contributed by atoms with van der Waals surface area (Å²) in [5.74, 6) is -1.50. The van der Waals surface area contributed by atoms with E-state index < -0.39 is 28.3 Å². The van der Waals surface area contributed by atoms with Crippen molar-refractivity contribution in [2.75, 3.05) is 11.9 Å². The van der Waals surface area contributed by atoms with Crippen LogP contribution >= 0.6 is 31.9 Å². The number of rotatable bonds is 7. The van der Waals surface area contributed by atoms with Gasteiger partial charge in [-0.05, 0) is 31.9 Å². The van der Waals surface area contributed by atoms with Crippen molar-refractivity contribution in [3.8, 4) is 0 Å². The minimum atomic E-state index is -0.814. The number of carbonyl (C=O) groups is 2. The normalized spacial score (nSPS) is 10.2. The molecule has 28 heavy (non-hydrogen) atoms. The number of amides is 1. The van der Waals surface area contributed by atoms with Crippen molar-refractivity contribution < 1.29 is 24.2 Å². The van der Waals surface area contributed by atoms with Gasteiger partial charge in [0.2, 0.25) is 0 Å². The summed E-state index contributed by atoms with van der Waals surface area (Å²) in [6.45, 7) is -0.630. The molecule has 2 aromatic rings. The summed E-state index contributed by atoms with van der Waals surface area (Å²) < 4.78 is 5.36. The summed E-state index contributed by atoms with van der Waals surface area (Å²) in [6, 6.07) is 8.12. The van der Waals surface area contributed by atoms with E-state index in [1.807, 2.05) is 0 Å². The molecule has 0 atom stereocenters. The topological polar surface area (TPSA) is 142 Å². The fourth-order valence-electron chi connectivity index (χ4n) is 2.15. The number of nitrogens with one attached hydrogen (secondary N) is 1. The predicted molar refractivity (Wildman–Crippen MR) is 105 cm³/mol. The van der Waals surface area contributed by atoms with Crippen LogP contribution < -0.4 is 5.32 Å². The summed E-state index contributed by atoms with van der Waals surface area (Å²) >= 11 is 6.24. The summed E-state index contributed by atoms with van der Waals surface area (Å²) in [5, 5.41) is 24.2. The Bertz CT molecular complexity index is 942. The van der Waals surface area contributed by atoms with Crippen LogP contribution in [0.5, 0.6) is 0 Å². The number of hydrogen-bond acceptors (Lipinski definition) is 7. The highest BCUT2D eigenvalue weighted by Gasteiger charge is 2.19. The van der Waals surface area contributed by atoms with E-state index in [0.717, 1.165) is 0 Å². The van der Waals surface area contributed by atoms with Gasteiger partial charge in [-0.25, -0.2) is 0 Å². The molecule has 0 spiro atoms. The third kappa shape index (κ3) is 5.57. The van der Waals surface area contributed by atoms with Crippen molar-refractivity contribution in [3.05, 3.63) is 71.1 Å². The van der Waals surface area contributed by atoms with Crippen molar-refractivity contribution in [2.45, 2.75) is 6.42 Å². The number of non-ortho nitro benzene ring substituents is 1. The first-order chi connectivity index (χ1) is 13.2. The quantitative estimate of drug-likeness (QED) is 0.335. The molecule has 0 saturated heterocycles. The summed E-state index contributed by atoms with van der Waals surface area (Å²) in [4.78, 5) is 44.4. The van der Waals surface area contributed by atoms with E-state index in [4.69, 9.17) is 4.74 Å². The van der Waals surface area contributed by atoms with Crippen molar-refractivity contribution in [2.24, 2.45) is 0 Å². The van der Waals surface area contributed by atoms with Crippen molar-refractivity contribution in [1.82, 2.24) is 0 Å². The lowest BCUT2D eigenvalue weighted by Crippen LogP contribution is -2.22. The van der Waals surface area contributed by atoms with E-state index in [9.17, 15) is 29.8 Å². The molecule has 0 unspecified atom stereocenters. The Hall–Kier alpha value is -2.86. The molecule has 146 valence electrons. The van der Waals surface area contributed by atoms with Crippen LogP contribution in [0, 0.1) is 20.2 Å². The average molecular weight is 517 g/mol. The molecular weight excluding hydrogens is 506 g/mol. The zero-order valence-electron chi connectivity index (χ0n) is 13.9. The Balaban J connectivity index is 1.97. The molecule has 1 N–H and O–H groups in total. The number of anilines is 1. The Morgan fingerprint density at radius 2 is 1.64 bits per heavy atom. The van der Waals surface area contributed by atoms with Crippen molar-refractivity contribution in [1.29, 1.82) is 0 Å². The fraction of sp³-hybridized carbons (Fsp3) is 0.125. The maximum atomic E-state index is 12.0. The van der Waals surface area contributed by atoms with E-state index in [1.165, 1.54) is 30.3 Å². The molecule has 0 bridgehead atoms. The van der Waals surface area contributed by atoms with Gasteiger partial charge in [-0.1, -0.05) is 18.2 Å². The first-order valence-corrected chi connectivity index (χ1v) is 9.09. The van der Waals surface area contributed by atoms with E-state index in [0.29, 0.717) is 0 Å². The van der Waals surface area contributed by atoms with Crippen LogP contribution in [0.3, 0.4) is 0 Å². The zero-order valence-corrected chi connectivity index (χ0v) is 17.1. The number of nitro benzene ring substituents is 2. The second-order valence-electron chi connectivity index (χ2n) is 5.31. The number of para-hydroxylation sites is 1. The van der Waals surface area contributed by atoms with E-state index in [2.05, 4.69) is 37.2 Å². The standard InChI is InChI=1S/C16H11Br2N3O7/c17-11-6-10(20(24)25)7-12(18)16(11)19-14(22)8-28-15(23)5-9-3-1-2-4-13(9)21(26)27/h1-4,6-7H,5,8H2,(H,19,22). The van der Waals surface area contributed by atoms with Gasteiger partial charge in [0.15, 0.2) is 6.61 Å². The maximum absolute atomic E-state index is 12.0. The van der Waals surface area contributed by atoms with Gasteiger partial charge in [0, 0.05) is 32.7 Å². The zero-order chi connectivity index (χ0) is 20.8. The molecule has 0 aliphatic rings. The smallest absolute Gasteiger partial charge is 0.311 e. The van der Waals surface area contributed by atoms with Gasteiger partial charge < -0.3 is 10.1 Å². The fourth-order valence-corrected chi connectivity index (χ4v) is 3.51. The van der Waals surface area contributed by atoms with E-state index in [-0.39, 0.29) is 38.0 Å². The van der Waals surface area contributed by atoms with Gasteiger partial charge in [0.25, 0.3) is 17.3 Å². The Labute approximate surface area is 174 Å². The molecule has 12 heteroatoms. The molecule has 0 heterocycles. The minimum Gasteiger partial charge on any atom is -0.455 e. The monoisotopic (exact) mass is 515 g/mol. The molecule has 0 fully saturated rings. The molecule has 0 saturated carbocycles. The Morgan fingerprint density at radius 3 is 2.21 bits per heavy atom. The third-order valence-corrected chi connectivity index (χ3v) is 4.64. The lowest BCUT2D eigenvalue weighted by molar-refractivity contribution is -0.385. The molecule has 0 radical (unpaired) electrons. The minimum absolute atomic E-state index is 0.166. The van der Waals surface area contributed by atoms with Crippen LogP contribution in [0.25, 0.3) is 0 Å². The number of benzene rings is 2. The molecule has 2 aromatic carbocycles. The molecule has 1 amide bonds. The summed E-state index contributed by atoms with van der Waals surface area (Å²) in [5.41, 5.74) is -0.0145. The first-order valence-electron chi connectivity index (χ1n) is 7.50. The summed E-state index contributed by atoms with van der Waals surface area (Å²) in [7, 11) is 0. The van der Waals surface area contributed by atoms with Crippen LogP contribution in [0.1, 0.15) is 5.56 Å². The molecular formula is C16H11Br2N3O7. The second kappa shape index (κ2) is 9.37. The molecule has 2 rings (SSSR count). The number of esters is 1. The number of hydrogen-bond donors (Lipinski definition) is 1. The lowest BCUT2D eigenvalue weighted by atomic mass is 10.1. The van der Waals surface area contributed by atoms with Gasteiger partial charge >= 0.3 is 5.97 Å². The van der Waals surface area contributed by atoms with Crippen LogP contribution in [-0.2, 0) is 20.7 Å². The second-order valence-corrected chi connectivity index (χ2v) is 7.02. The van der Waals surface area contributed by atoms with E-state index in [1.54, 1.807) is 6.07 Å². The highest BCUT2D eigenvalue weighted by atomic mass is 79.9. The van der Waals surface area contributed by atoms with Gasteiger partial charge in [0.1, 0.15) is 0 Å². The van der Waals surface area contributed by atoms with Gasteiger partial charge in [-0.3, -0.25) is 29.8 Å². The number of halogens is 2. The molecule has 0 aromatic heterocycles. The van der Waals surface area contributed by atoms with E-state index >= 15 is 0 Å². The largest absolute Gasteiger partial charge is 0.455 e. The van der Waals surface area contributed by atoms with Crippen LogP contribution in [0.15, 0.2) is 45.3 Å². The lowest BCUT2D eigenvalue weighted by Gasteiger charge is -2.10. The van der Waals surface area contributed by atoms with Crippen molar-refractivity contribution >= 4 is 60.8 Å². The summed E-state index contributed by atoms with van der Waals surface area (Å²) in [6.07, 6.45) is -0.366. The van der Waals surface area contributed by atoms with Crippen molar-refractivity contribution in [3.63, 3.8) is 0 Å². The highest BCUT2D eigenvalue weighted by molar-refractivity contribution is 9.11. The Kier molecular flexibility index (Phi) is 7.18. The predicted octanol–water partition coefficient (Wildman–Crippen LogP) is 3.75. The molecule has 0 aliphatic heterocycles. The van der Waals surface area contributed by atoms with Gasteiger partial charge in [-0.2, -0.15) is 0 Å². The third-order valence-electron chi connectivity index (χ3n) is 3.39.